The fourth-order valence-electron chi connectivity index (χ4n) is 2.78. The molecule has 1 fully saturated rings. The van der Waals surface area contributed by atoms with E-state index in [0.717, 1.165) is 25.8 Å². The molecule has 0 radical (unpaired) electrons. The van der Waals surface area contributed by atoms with Crippen molar-refractivity contribution in [3.63, 3.8) is 0 Å². The highest BCUT2D eigenvalue weighted by Crippen LogP contribution is 2.20. The van der Waals surface area contributed by atoms with Gasteiger partial charge in [0.05, 0.1) is 18.6 Å². The van der Waals surface area contributed by atoms with Gasteiger partial charge in [-0.2, -0.15) is 0 Å². The van der Waals surface area contributed by atoms with Crippen molar-refractivity contribution >= 4 is 11.9 Å². The van der Waals surface area contributed by atoms with E-state index in [4.69, 9.17) is 0 Å². The molecular weight excluding hydrogens is 280 g/mol. The average Bonchev–Trinajstić information content (AvgIpc) is 2.59. The minimum atomic E-state index is -0.166. The summed E-state index contributed by atoms with van der Waals surface area (Å²) < 4.78 is 0. The topological polar surface area (TPSA) is 78.4 Å². The van der Waals surface area contributed by atoms with Crippen molar-refractivity contribution in [1.29, 1.82) is 0 Å². The van der Waals surface area contributed by atoms with Crippen LogP contribution in [0.3, 0.4) is 0 Å². The predicted molar refractivity (Wildman–Crippen MR) is 85.4 cm³/mol. The number of piperidine rings is 1. The fourth-order valence-corrected chi connectivity index (χ4v) is 2.78. The van der Waals surface area contributed by atoms with Crippen molar-refractivity contribution in [2.45, 2.75) is 39.2 Å². The standard InChI is InChI=1S/C16H26N4O2/c1-3-12(2)14(11-21)19-15(22)13-6-4-9-20(10-13)16-17-7-5-8-18-16/h5,7-8,12-14,21H,3-4,6,9-11H2,1-2H3,(H,19,22)/t12-,13-,14+/m0/s1. The maximum absolute atomic E-state index is 12.5. The van der Waals surface area contributed by atoms with Crippen molar-refractivity contribution in [3.05, 3.63) is 18.5 Å². The molecule has 6 nitrogen and oxygen atoms in total. The molecule has 2 N–H and O–H groups in total. The highest BCUT2D eigenvalue weighted by atomic mass is 16.3. The Morgan fingerprint density at radius 2 is 2.23 bits per heavy atom. The third kappa shape index (κ3) is 4.16. The molecule has 0 unspecified atom stereocenters. The van der Waals surface area contributed by atoms with E-state index in [1.54, 1.807) is 18.5 Å². The van der Waals surface area contributed by atoms with Gasteiger partial charge in [-0.3, -0.25) is 4.79 Å². The average molecular weight is 306 g/mol. The van der Waals surface area contributed by atoms with E-state index in [2.05, 4.69) is 27.1 Å². The normalized spacial score (nSPS) is 21.2. The predicted octanol–water partition coefficient (Wildman–Crippen LogP) is 1.22. The van der Waals surface area contributed by atoms with Gasteiger partial charge in [0.25, 0.3) is 0 Å². The summed E-state index contributed by atoms with van der Waals surface area (Å²) in [5.41, 5.74) is 0. The molecule has 1 aliphatic rings. The minimum Gasteiger partial charge on any atom is -0.394 e. The second kappa shape index (κ2) is 8.08. The van der Waals surface area contributed by atoms with Crippen LogP contribution in [0, 0.1) is 11.8 Å². The highest BCUT2D eigenvalue weighted by molar-refractivity contribution is 5.79. The molecule has 1 aromatic heterocycles. The molecule has 2 heterocycles. The van der Waals surface area contributed by atoms with Crippen LogP contribution in [-0.4, -0.2) is 46.7 Å². The molecule has 22 heavy (non-hydrogen) atoms. The van der Waals surface area contributed by atoms with Crippen LogP contribution >= 0.6 is 0 Å². The number of carbonyl (C=O) groups excluding carboxylic acids is 1. The van der Waals surface area contributed by atoms with E-state index < -0.39 is 0 Å². The van der Waals surface area contributed by atoms with Crippen LogP contribution in [0.2, 0.25) is 0 Å². The SMILES string of the molecule is CC[C@H](C)[C@@H](CO)NC(=O)[C@H]1CCCN(c2ncccn2)C1. The lowest BCUT2D eigenvalue weighted by atomic mass is 9.95. The fraction of sp³-hybridized carbons (Fsp3) is 0.688. The molecule has 0 aliphatic carbocycles. The number of hydrogen-bond donors (Lipinski definition) is 2. The van der Waals surface area contributed by atoms with Crippen molar-refractivity contribution in [3.8, 4) is 0 Å². The second-order valence-corrected chi connectivity index (χ2v) is 6.02. The molecule has 0 spiro atoms. The molecule has 3 atom stereocenters. The quantitative estimate of drug-likeness (QED) is 0.826. The van der Waals surface area contributed by atoms with Crippen molar-refractivity contribution in [2.75, 3.05) is 24.6 Å². The maximum Gasteiger partial charge on any atom is 0.225 e. The molecule has 2 rings (SSSR count). The summed E-state index contributed by atoms with van der Waals surface area (Å²) in [6.45, 7) is 5.61. The number of aromatic nitrogens is 2. The van der Waals surface area contributed by atoms with Crippen LogP contribution in [0.1, 0.15) is 33.1 Å². The van der Waals surface area contributed by atoms with Gasteiger partial charge in [-0.15, -0.1) is 0 Å². The summed E-state index contributed by atoms with van der Waals surface area (Å²) in [6, 6.07) is 1.62. The third-order valence-electron chi connectivity index (χ3n) is 4.48. The molecule has 0 saturated carbocycles. The summed E-state index contributed by atoms with van der Waals surface area (Å²) >= 11 is 0. The summed E-state index contributed by atoms with van der Waals surface area (Å²) in [6.07, 6.45) is 6.19. The number of hydrogen-bond acceptors (Lipinski definition) is 5. The van der Waals surface area contributed by atoms with E-state index in [0.29, 0.717) is 12.5 Å². The number of nitrogens with one attached hydrogen (secondary N) is 1. The van der Waals surface area contributed by atoms with Gasteiger partial charge in [0.2, 0.25) is 11.9 Å². The Bertz CT molecular complexity index is 468. The van der Waals surface area contributed by atoms with E-state index >= 15 is 0 Å². The number of anilines is 1. The summed E-state index contributed by atoms with van der Waals surface area (Å²) in [7, 11) is 0. The first-order valence-corrected chi connectivity index (χ1v) is 8.08. The first-order valence-electron chi connectivity index (χ1n) is 8.08. The van der Waals surface area contributed by atoms with Gasteiger partial charge in [-0.05, 0) is 24.8 Å². The third-order valence-corrected chi connectivity index (χ3v) is 4.48. The lowest BCUT2D eigenvalue weighted by molar-refractivity contribution is -0.126. The number of amides is 1. The molecule has 1 amide bonds. The molecule has 1 saturated heterocycles. The molecule has 6 heteroatoms. The van der Waals surface area contributed by atoms with Gasteiger partial charge in [0, 0.05) is 25.5 Å². The summed E-state index contributed by atoms with van der Waals surface area (Å²) in [4.78, 5) is 23.1. The van der Waals surface area contributed by atoms with E-state index in [1.165, 1.54) is 0 Å². The first-order chi connectivity index (χ1) is 10.7. The van der Waals surface area contributed by atoms with Crippen LogP contribution < -0.4 is 10.2 Å². The molecule has 1 aliphatic heterocycles. The van der Waals surface area contributed by atoms with Crippen LogP contribution in [0.15, 0.2) is 18.5 Å². The Labute approximate surface area is 132 Å². The largest absolute Gasteiger partial charge is 0.394 e. The smallest absolute Gasteiger partial charge is 0.225 e. The lowest BCUT2D eigenvalue weighted by Gasteiger charge is -2.33. The van der Waals surface area contributed by atoms with E-state index in [-0.39, 0.29) is 30.4 Å². The monoisotopic (exact) mass is 306 g/mol. The second-order valence-electron chi connectivity index (χ2n) is 6.02. The van der Waals surface area contributed by atoms with Gasteiger partial charge in [-0.1, -0.05) is 20.3 Å². The Balaban J connectivity index is 1.95. The Morgan fingerprint density at radius 1 is 1.50 bits per heavy atom. The number of aliphatic hydroxyl groups is 1. The van der Waals surface area contributed by atoms with Gasteiger partial charge in [-0.25, -0.2) is 9.97 Å². The van der Waals surface area contributed by atoms with Crippen LogP contribution in [-0.2, 0) is 4.79 Å². The number of rotatable bonds is 6. The van der Waals surface area contributed by atoms with Gasteiger partial charge in [0.15, 0.2) is 0 Å². The van der Waals surface area contributed by atoms with Crippen molar-refractivity contribution in [1.82, 2.24) is 15.3 Å². The van der Waals surface area contributed by atoms with E-state index in [1.807, 2.05) is 6.92 Å². The zero-order valence-electron chi connectivity index (χ0n) is 13.4. The number of carbonyl (C=O) groups is 1. The summed E-state index contributed by atoms with van der Waals surface area (Å²) in [5.74, 6) is 0.905. The maximum atomic E-state index is 12.5. The van der Waals surface area contributed by atoms with Crippen LogP contribution in [0.5, 0.6) is 0 Å². The Hall–Kier alpha value is -1.69. The Morgan fingerprint density at radius 3 is 2.86 bits per heavy atom. The lowest BCUT2D eigenvalue weighted by Crippen LogP contribution is -2.49. The number of nitrogens with zero attached hydrogens (tertiary/aromatic N) is 3. The van der Waals surface area contributed by atoms with Gasteiger partial charge >= 0.3 is 0 Å². The summed E-state index contributed by atoms with van der Waals surface area (Å²) in [5, 5.41) is 12.5. The zero-order valence-corrected chi connectivity index (χ0v) is 13.4. The van der Waals surface area contributed by atoms with Crippen molar-refractivity contribution in [2.24, 2.45) is 11.8 Å². The van der Waals surface area contributed by atoms with Gasteiger partial charge < -0.3 is 15.3 Å². The highest BCUT2D eigenvalue weighted by Gasteiger charge is 2.29. The zero-order chi connectivity index (χ0) is 15.9. The molecular formula is C16H26N4O2. The molecule has 122 valence electrons. The van der Waals surface area contributed by atoms with E-state index in [9.17, 15) is 9.90 Å². The van der Waals surface area contributed by atoms with Crippen molar-refractivity contribution < 1.29 is 9.90 Å². The number of aliphatic hydroxyl groups excluding tert-OH is 1. The molecule has 1 aromatic rings. The first kappa shape index (κ1) is 16.7. The molecule has 0 bridgehead atoms. The molecule has 0 aromatic carbocycles. The van der Waals surface area contributed by atoms with Crippen LogP contribution in [0.25, 0.3) is 0 Å². The van der Waals surface area contributed by atoms with Gasteiger partial charge in [0.1, 0.15) is 0 Å². The minimum absolute atomic E-state index is 0.0149. The van der Waals surface area contributed by atoms with Crippen LogP contribution in [0.4, 0.5) is 5.95 Å². The Kier molecular flexibility index (Phi) is 6.12.